The van der Waals surface area contributed by atoms with Crippen molar-refractivity contribution in [3.63, 3.8) is 0 Å². The lowest BCUT2D eigenvalue weighted by Gasteiger charge is -2.19. The second-order valence-electron chi connectivity index (χ2n) is 6.78. The van der Waals surface area contributed by atoms with Gasteiger partial charge in [-0.1, -0.05) is 26.8 Å². The molecule has 136 valence electrons. The van der Waals surface area contributed by atoms with E-state index in [1.807, 2.05) is 27.7 Å². The van der Waals surface area contributed by atoms with E-state index in [1.165, 1.54) is 0 Å². The van der Waals surface area contributed by atoms with Crippen molar-refractivity contribution in [1.29, 1.82) is 0 Å². The Kier molecular flexibility index (Phi) is 5.35. The van der Waals surface area contributed by atoms with Crippen molar-refractivity contribution >= 4 is 29.2 Å². The van der Waals surface area contributed by atoms with E-state index in [2.05, 4.69) is 20.6 Å². The van der Waals surface area contributed by atoms with Crippen molar-refractivity contribution in [1.82, 2.24) is 9.97 Å². The van der Waals surface area contributed by atoms with E-state index in [-0.39, 0.29) is 17.3 Å². The maximum Gasteiger partial charge on any atom is 0.356 e. The molecule has 8 nitrogen and oxygen atoms in total. The lowest BCUT2D eigenvalue weighted by atomic mass is 9.95. The average Bonchev–Trinajstić information content (AvgIpc) is 2.57. The van der Waals surface area contributed by atoms with Crippen LogP contribution in [0.25, 0.3) is 0 Å². The highest BCUT2D eigenvalue weighted by molar-refractivity contribution is 6.03. The Morgan fingerprint density at radius 1 is 1.00 bits per heavy atom. The Bertz CT molecular complexity index is 854. The summed E-state index contributed by atoms with van der Waals surface area (Å²) < 4.78 is 0. The molecule has 0 atom stereocenters. The van der Waals surface area contributed by atoms with Gasteiger partial charge in [0, 0.05) is 16.8 Å². The standard InChI is InChI=1S/C18H20N4O4/c1-10-5-6-11(7-12(10)22-17(26)18(2,3)4)21-15(23)13-8-20-14(9-19-13)16(24)25/h5-9H,1-4H3,(H,21,23)(H,22,26)(H,24,25). The number of hydrogen-bond donors (Lipinski definition) is 3. The number of aromatic nitrogens is 2. The maximum absolute atomic E-state index is 12.2. The predicted octanol–water partition coefficient (Wildman–Crippen LogP) is 2.72. The number of benzene rings is 1. The Morgan fingerprint density at radius 3 is 2.15 bits per heavy atom. The molecule has 1 aromatic carbocycles. The first kappa shape index (κ1) is 19.0. The minimum Gasteiger partial charge on any atom is -0.476 e. The molecule has 1 heterocycles. The number of amides is 2. The first-order valence-corrected chi connectivity index (χ1v) is 7.86. The molecule has 0 bridgehead atoms. The van der Waals surface area contributed by atoms with Gasteiger partial charge in [0.1, 0.15) is 5.69 Å². The van der Waals surface area contributed by atoms with Crippen molar-refractivity contribution in [2.75, 3.05) is 10.6 Å². The number of aryl methyl sites for hydroxylation is 1. The molecule has 2 aromatic rings. The zero-order chi connectivity index (χ0) is 19.5. The molecule has 2 rings (SSSR count). The molecular formula is C18H20N4O4. The second kappa shape index (κ2) is 7.30. The molecule has 0 aliphatic heterocycles. The van der Waals surface area contributed by atoms with Crippen LogP contribution in [0.3, 0.4) is 0 Å². The molecule has 3 N–H and O–H groups in total. The average molecular weight is 356 g/mol. The highest BCUT2D eigenvalue weighted by atomic mass is 16.4. The van der Waals surface area contributed by atoms with Gasteiger partial charge < -0.3 is 15.7 Å². The van der Waals surface area contributed by atoms with Crippen molar-refractivity contribution in [3.8, 4) is 0 Å². The summed E-state index contributed by atoms with van der Waals surface area (Å²) in [5.41, 5.74) is 1.10. The van der Waals surface area contributed by atoms with E-state index in [1.54, 1.807) is 18.2 Å². The summed E-state index contributed by atoms with van der Waals surface area (Å²) in [6, 6.07) is 5.11. The van der Waals surface area contributed by atoms with Crippen LogP contribution in [0.4, 0.5) is 11.4 Å². The molecule has 2 amide bonds. The van der Waals surface area contributed by atoms with Crippen LogP contribution >= 0.6 is 0 Å². The van der Waals surface area contributed by atoms with Crippen LogP contribution in [0.2, 0.25) is 0 Å². The first-order chi connectivity index (χ1) is 12.1. The first-order valence-electron chi connectivity index (χ1n) is 7.86. The van der Waals surface area contributed by atoms with E-state index < -0.39 is 17.3 Å². The molecule has 0 unspecified atom stereocenters. The zero-order valence-corrected chi connectivity index (χ0v) is 15.0. The summed E-state index contributed by atoms with van der Waals surface area (Å²) >= 11 is 0. The van der Waals surface area contributed by atoms with Crippen LogP contribution < -0.4 is 10.6 Å². The summed E-state index contributed by atoms with van der Waals surface area (Å²) in [6.07, 6.45) is 2.11. The van der Waals surface area contributed by atoms with E-state index >= 15 is 0 Å². The minimum atomic E-state index is -1.22. The lowest BCUT2D eigenvalue weighted by Crippen LogP contribution is -2.28. The third-order valence-electron chi connectivity index (χ3n) is 3.53. The van der Waals surface area contributed by atoms with Gasteiger partial charge in [-0.2, -0.15) is 0 Å². The number of nitrogens with zero attached hydrogens (tertiary/aromatic N) is 2. The molecule has 8 heteroatoms. The van der Waals surface area contributed by atoms with Gasteiger partial charge >= 0.3 is 5.97 Å². The van der Waals surface area contributed by atoms with Crippen LogP contribution in [0.1, 0.15) is 47.3 Å². The number of rotatable bonds is 4. The SMILES string of the molecule is Cc1ccc(NC(=O)c2cnc(C(=O)O)cn2)cc1NC(=O)C(C)(C)C. The van der Waals surface area contributed by atoms with Gasteiger partial charge in [-0.3, -0.25) is 9.59 Å². The molecule has 0 saturated heterocycles. The van der Waals surface area contributed by atoms with Gasteiger partial charge in [0.05, 0.1) is 12.4 Å². The van der Waals surface area contributed by atoms with Gasteiger partial charge in [0.25, 0.3) is 5.91 Å². The molecule has 1 aromatic heterocycles. The van der Waals surface area contributed by atoms with Crippen LogP contribution in [0, 0.1) is 12.3 Å². The smallest absolute Gasteiger partial charge is 0.356 e. The van der Waals surface area contributed by atoms with Crippen molar-refractivity contribution < 1.29 is 19.5 Å². The maximum atomic E-state index is 12.2. The summed E-state index contributed by atoms with van der Waals surface area (Å²) in [7, 11) is 0. The van der Waals surface area contributed by atoms with E-state index in [0.29, 0.717) is 11.4 Å². The monoisotopic (exact) mass is 356 g/mol. The molecule has 26 heavy (non-hydrogen) atoms. The third kappa shape index (κ3) is 4.62. The van der Waals surface area contributed by atoms with Crippen LogP contribution in [0.15, 0.2) is 30.6 Å². The summed E-state index contributed by atoms with van der Waals surface area (Å²) in [5, 5.41) is 14.3. The van der Waals surface area contributed by atoms with Crippen LogP contribution in [-0.4, -0.2) is 32.9 Å². The number of anilines is 2. The normalized spacial score (nSPS) is 10.9. The van der Waals surface area contributed by atoms with Gasteiger partial charge in [0.15, 0.2) is 5.69 Å². The molecule has 0 aliphatic rings. The summed E-state index contributed by atoms with van der Waals surface area (Å²) in [6.45, 7) is 7.27. The molecule has 0 spiro atoms. The topological polar surface area (TPSA) is 121 Å². The molecular weight excluding hydrogens is 336 g/mol. The van der Waals surface area contributed by atoms with E-state index in [9.17, 15) is 14.4 Å². The number of carboxylic acids is 1. The number of aromatic carboxylic acids is 1. The molecule has 0 saturated carbocycles. The van der Waals surface area contributed by atoms with Gasteiger partial charge in [-0.15, -0.1) is 0 Å². The van der Waals surface area contributed by atoms with E-state index in [0.717, 1.165) is 18.0 Å². The number of hydrogen-bond acceptors (Lipinski definition) is 5. The summed E-state index contributed by atoms with van der Waals surface area (Å²) in [5.74, 6) is -1.90. The lowest BCUT2D eigenvalue weighted by molar-refractivity contribution is -0.123. The Balaban J connectivity index is 2.16. The minimum absolute atomic E-state index is 0.0177. The van der Waals surface area contributed by atoms with Crippen molar-refractivity contribution in [2.45, 2.75) is 27.7 Å². The number of carbonyl (C=O) groups excluding carboxylic acids is 2. The fourth-order valence-corrected chi connectivity index (χ4v) is 1.90. The van der Waals surface area contributed by atoms with Gasteiger partial charge in [-0.05, 0) is 24.6 Å². The molecule has 0 fully saturated rings. The highest BCUT2D eigenvalue weighted by Crippen LogP contribution is 2.23. The quantitative estimate of drug-likeness (QED) is 0.774. The fraction of sp³-hybridized carbons (Fsp3) is 0.278. The second-order valence-corrected chi connectivity index (χ2v) is 6.78. The highest BCUT2D eigenvalue weighted by Gasteiger charge is 2.22. The molecule has 0 radical (unpaired) electrons. The van der Waals surface area contributed by atoms with Gasteiger partial charge in [0.2, 0.25) is 5.91 Å². The van der Waals surface area contributed by atoms with Crippen molar-refractivity contribution in [2.24, 2.45) is 5.41 Å². The molecule has 0 aliphatic carbocycles. The number of carboxylic acid groups (broad SMARTS) is 1. The Hall–Kier alpha value is -3.29. The third-order valence-corrected chi connectivity index (χ3v) is 3.53. The largest absolute Gasteiger partial charge is 0.476 e. The van der Waals surface area contributed by atoms with Crippen LogP contribution in [0.5, 0.6) is 0 Å². The fourth-order valence-electron chi connectivity index (χ4n) is 1.90. The van der Waals surface area contributed by atoms with Crippen LogP contribution in [-0.2, 0) is 4.79 Å². The summed E-state index contributed by atoms with van der Waals surface area (Å²) in [4.78, 5) is 42.6. The van der Waals surface area contributed by atoms with Crippen molar-refractivity contribution in [3.05, 3.63) is 47.5 Å². The number of carbonyl (C=O) groups is 3. The Morgan fingerprint density at radius 2 is 1.62 bits per heavy atom. The van der Waals surface area contributed by atoms with E-state index in [4.69, 9.17) is 5.11 Å². The van der Waals surface area contributed by atoms with Gasteiger partial charge in [-0.25, -0.2) is 14.8 Å². The Labute approximate surface area is 150 Å². The predicted molar refractivity (Wildman–Crippen MR) is 96.2 cm³/mol. The number of nitrogens with one attached hydrogen (secondary N) is 2. The zero-order valence-electron chi connectivity index (χ0n) is 15.0.